The lowest BCUT2D eigenvalue weighted by Crippen LogP contribution is -2.40. The van der Waals surface area contributed by atoms with Crippen LogP contribution in [0.1, 0.15) is 88.2 Å². The fourth-order valence-corrected chi connectivity index (χ4v) is 5.32. The van der Waals surface area contributed by atoms with Gasteiger partial charge in [-0.3, -0.25) is 4.79 Å². The van der Waals surface area contributed by atoms with Crippen molar-refractivity contribution >= 4 is 5.97 Å². The van der Waals surface area contributed by atoms with Crippen LogP contribution >= 0.6 is 0 Å². The first kappa shape index (κ1) is 29.8. The second-order valence-corrected chi connectivity index (χ2v) is 10.3. The van der Waals surface area contributed by atoms with Gasteiger partial charge in [-0.2, -0.15) is 0 Å². The third-order valence-electron chi connectivity index (χ3n) is 7.49. The molecule has 0 aromatic heterocycles. The number of methoxy groups -OCH3 is 2. The maximum absolute atomic E-state index is 10.6. The summed E-state index contributed by atoms with van der Waals surface area (Å²) < 4.78 is 27.7. The zero-order valence-electron chi connectivity index (χ0n) is 23.2. The summed E-state index contributed by atoms with van der Waals surface area (Å²) in [6.45, 7) is 3.33. The fourth-order valence-electron chi connectivity index (χ4n) is 5.32. The standard InChI is InChI=1S/C31H44O7/c1-31(24-14-16-25(17-15-24)37-22-34-2)21-36-29-20-26(38-23-35-3)18-19-27(29)28(31)12-10-8-6-4-5-7-9-11-13-30(32)33/h14-20,28H,4-13,21-23H2,1-3H3,(H,32,33). The third kappa shape index (κ3) is 8.63. The number of hydrogen-bond acceptors (Lipinski definition) is 6. The maximum Gasteiger partial charge on any atom is 0.303 e. The van der Waals surface area contributed by atoms with Crippen LogP contribution in [0.5, 0.6) is 17.2 Å². The molecule has 0 amide bonds. The molecule has 0 radical (unpaired) electrons. The summed E-state index contributed by atoms with van der Waals surface area (Å²) in [5.41, 5.74) is 2.28. The van der Waals surface area contributed by atoms with E-state index < -0.39 is 5.97 Å². The highest BCUT2D eigenvalue weighted by atomic mass is 16.7. The van der Waals surface area contributed by atoms with Gasteiger partial charge in [-0.25, -0.2) is 0 Å². The zero-order valence-corrected chi connectivity index (χ0v) is 23.2. The number of rotatable bonds is 18. The van der Waals surface area contributed by atoms with Crippen molar-refractivity contribution in [3.63, 3.8) is 0 Å². The monoisotopic (exact) mass is 528 g/mol. The molecular weight excluding hydrogens is 484 g/mol. The number of hydrogen-bond donors (Lipinski definition) is 1. The molecule has 0 bridgehead atoms. The van der Waals surface area contributed by atoms with Crippen molar-refractivity contribution in [2.24, 2.45) is 0 Å². The number of carboxylic acids is 1. The number of carbonyl (C=O) groups is 1. The number of benzene rings is 2. The summed E-state index contributed by atoms with van der Waals surface area (Å²) in [5.74, 6) is 2.04. The first-order valence-corrected chi connectivity index (χ1v) is 13.8. The van der Waals surface area contributed by atoms with Crippen molar-refractivity contribution in [1.29, 1.82) is 0 Å². The Morgan fingerprint density at radius 3 is 2.08 bits per heavy atom. The molecule has 0 fully saturated rings. The molecule has 2 unspecified atom stereocenters. The summed E-state index contributed by atoms with van der Waals surface area (Å²) in [5, 5.41) is 8.75. The van der Waals surface area contributed by atoms with Crippen LogP contribution in [0.25, 0.3) is 0 Å². The van der Waals surface area contributed by atoms with Crippen LogP contribution in [0.2, 0.25) is 0 Å². The molecule has 0 aliphatic carbocycles. The molecular formula is C31H44O7. The Kier molecular flexibility index (Phi) is 12.2. The minimum absolute atomic E-state index is 0.175. The van der Waals surface area contributed by atoms with Crippen LogP contribution in [0.4, 0.5) is 0 Å². The molecule has 0 spiro atoms. The average Bonchev–Trinajstić information content (AvgIpc) is 2.92. The topological polar surface area (TPSA) is 83.5 Å². The van der Waals surface area contributed by atoms with Gasteiger partial charge in [-0.15, -0.1) is 0 Å². The number of carboxylic acid groups (broad SMARTS) is 1. The van der Waals surface area contributed by atoms with E-state index in [0.717, 1.165) is 49.4 Å². The van der Waals surface area contributed by atoms with Crippen LogP contribution in [-0.4, -0.2) is 45.5 Å². The summed E-state index contributed by atoms with van der Waals surface area (Å²) in [6, 6.07) is 14.4. The van der Waals surface area contributed by atoms with Gasteiger partial charge < -0.3 is 28.8 Å². The van der Waals surface area contributed by atoms with Crippen LogP contribution < -0.4 is 14.2 Å². The quantitative estimate of drug-likeness (QED) is 0.164. The average molecular weight is 529 g/mol. The van der Waals surface area contributed by atoms with E-state index in [1.807, 2.05) is 24.3 Å². The van der Waals surface area contributed by atoms with Crippen LogP contribution in [0.3, 0.4) is 0 Å². The van der Waals surface area contributed by atoms with Gasteiger partial charge in [0.1, 0.15) is 17.2 Å². The Morgan fingerprint density at radius 2 is 1.45 bits per heavy atom. The Hall–Kier alpha value is -2.77. The number of unbranched alkanes of at least 4 members (excludes halogenated alkanes) is 7. The van der Waals surface area contributed by atoms with Crippen molar-refractivity contribution in [1.82, 2.24) is 0 Å². The van der Waals surface area contributed by atoms with E-state index in [9.17, 15) is 4.79 Å². The molecule has 0 saturated heterocycles. The SMILES string of the molecule is COCOc1ccc(C2(C)COc3cc(OCOC)ccc3C2CCCCCCCCCCC(=O)O)cc1. The minimum atomic E-state index is -0.694. The molecule has 2 aromatic rings. The van der Waals surface area contributed by atoms with Crippen LogP contribution in [0.15, 0.2) is 42.5 Å². The molecule has 0 saturated carbocycles. The fraction of sp³-hybridized carbons (Fsp3) is 0.581. The van der Waals surface area contributed by atoms with E-state index in [4.69, 9.17) is 28.8 Å². The highest BCUT2D eigenvalue weighted by Gasteiger charge is 2.42. The van der Waals surface area contributed by atoms with Crippen molar-refractivity contribution < 1.29 is 33.6 Å². The second-order valence-electron chi connectivity index (χ2n) is 10.3. The van der Waals surface area contributed by atoms with Crippen molar-refractivity contribution in [2.75, 3.05) is 34.4 Å². The van der Waals surface area contributed by atoms with Gasteiger partial charge in [0.05, 0.1) is 6.61 Å². The lowest BCUT2D eigenvalue weighted by molar-refractivity contribution is -0.137. The molecule has 7 heteroatoms. The molecule has 1 aliphatic rings. The van der Waals surface area contributed by atoms with E-state index in [1.165, 1.54) is 36.8 Å². The van der Waals surface area contributed by atoms with Gasteiger partial charge in [-0.1, -0.05) is 70.1 Å². The Labute approximate surface area is 227 Å². The maximum atomic E-state index is 10.6. The van der Waals surface area contributed by atoms with Gasteiger partial charge in [0, 0.05) is 38.0 Å². The molecule has 2 aromatic carbocycles. The minimum Gasteiger partial charge on any atom is -0.492 e. The molecule has 2 atom stereocenters. The Bertz CT molecular complexity index is 975. The van der Waals surface area contributed by atoms with Gasteiger partial charge in [0.15, 0.2) is 13.6 Å². The van der Waals surface area contributed by atoms with Gasteiger partial charge in [-0.05, 0) is 42.2 Å². The van der Waals surface area contributed by atoms with Crippen molar-refractivity contribution in [3.05, 3.63) is 53.6 Å². The molecule has 1 heterocycles. The van der Waals surface area contributed by atoms with E-state index >= 15 is 0 Å². The Balaban J connectivity index is 1.64. The predicted octanol–water partition coefficient (Wildman–Crippen LogP) is 7.07. The number of aliphatic carboxylic acids is 1. The van der Waals surface area contributed by atoms with E-state index in [1.54, 1.807) is 14.2 Å². The predicted molar refractivity (Wildman–Crippen MR) is 147 cm³/mol. The normalized spacial score (nSPS) is 18.4. The highest BCUT2D eigenvalue weighted by molar-refractivity contribution is 5.66. The van der Waals surface area contributed by atoms with Crippen molar-refractivity contribution in [2.45, 2.75) is 82.5 Å². The number of ether oxygens (including phenoxy) is 5. The molecule has 38 heavy (non-hydrogen) atoms. The Morgan fingerprint density at radius 1 is 0.868 bits per heavy atom. The number of fused-ring (bicyclic) bond motifs is 1. The van der Waals surface area contributed by atoms with Crippen molar-refractivity contribution in [3.8, 4) is 17.2 Å². The highest BCUT2D eigenvalue weighted by Crippen LogP contribution is 2.50. The molecule has 210 valence electrons. The smallest absolute Gasteiger partial charge is 0.303 e. The van der Waals surface area contributed by atoms with E-state index in [2.05, 4.69) is 25.1 Å². The largest absolute Gasteiger partial charge is 0.492 e. The van der Waals surface area contributed by atoms with Crippen LogP contribution in [-0.2, 0) is 19.7 Å². The summed E-state index contributed by atoms with van der Waals surface area (Å²) >= 11 is 0. The third-order valence-corrected chi connectivity index (χ3v) is 7.49. The second kappa shape index (κ2) is 15.6. The van der Waals surface area contributed by atoms with Gasteiger partial charge in [0.25, 0.3) is 0 Å². The van der Waals surface area contributed by atoms with Gasteiger partial charge >= 0.3 is 5.97 Å². The van der Waals surface area contributed by atoms with E-state index in [-0.39, 0.29) is 25.4 Å². The molecule has 1 N–H and O–H groups in total. The summed E-state index contributed by atoms with van der Waals surface area (Å²) in [7, 11) is 3.23. The molecule has 7 nitrogen and oxygen atoms in total. The van der Waals surface area contributed by atoms with Gasteiger partial charge in [0.2, 0.25) is 0 Å². The molecule has 1 aliphatic heterocycles. The first-order valence-electron chi connectivity index (χ1n) is 13.8. The summed E-state index contributed by atoms with van der Waals surface area (Å²) in [6.07, 6.45) is 10.2. The van der Waals surface area contributed by atoms with E-state index in [0.29, 0.717) is 12.5 Å². The van der Waals surface area contributed by atoms with Crippen LogP contribution in [0, 0.1) is 0 Å². The molecule has 3 rings (SSSR count). The summed E-state index contributed by atoms with van der Waals surface area (Å²) in [4.78, 5) is 10.6. The first-order chi connectivity index (χ1) is 18.5. The zero-order chi connectivity index (χ0) is 27.2. The lowest BCUT2D eigenvalue weighted by atomic mass is 9.66. The lowest BCUT2D eigenvalue weighted by Gasteiger charge is -2.43.